The van der Waals surface area contributed by atoms with Crippen LogP contribution < -0.4 is 5.73 Å². The Morgan fingerprint density at radius 2 is 2.23 bits per heavy atom. The van der Waals surface area contributed by atoms with Crippen molar-refractivity contribution in [3.05, 3.63) is 10.5 Å². The van der Waals surface area contributed by atoms with Gasteiger partial charge in [-0.25, -0.2) is 4.39 Å². The van der Waals surface area contributed by atoms with Crippen molar-refractivity contribution < 1.29 is 4.39 Å². The van der Waals surface area contributed by atoms with Crippen LogP contribution in [0.4, 0.5) is 4.39 Å². The second kappa shape index (κ2) is 3.31. The lowest BCUT2D eigenvalue weighted by Crippen LogP contribution is -2.33. The van der Waals surface area contributed by atoms with Crippen LogP contribution in [0.25, 0.3) is 0 Å². The number of aromatic nitrogens is 2. The van der Waals surface area contributed by atoms with Crippen LogP contribution in [0.3, 0.4) is 0 Å². The van der Waals surface area contributed by atoms with Crippen molar-refractivity contribution in [3.63, 3.8) is 0 Å². The fourth-order valence-electron chi connectivity index (χ4n) is 1.68. The van der Waals surface area contributed by atoms with Gasteiger partial charge in [-0.2, -0.15) is 0 Å². The summed E-state index contributed by atoms with van der Waals surface area (Å²) in [6, 6.07) is 0.164. The lowest BCUT2D eigenvalue weighted by atomic mass is 9.84. The van der Waals surface area contributed by atoms with Crippen LogP contribution in [0.15, 0.2) is 5.51 Å². The number of hydrogen-bond donors (Lipinski definition) is 1. The molecule has 3 nitrogen and oxygen atoms in total. The van der Waals surface area contributed by atoms with E-state index in [1.54, 1.807) is 5.51 Å². The molecule has 0 spiro atoms. The summed E-state index contributed by atoms with van der Waals surface area (Å²) < 4.78 is 14.2. The summed E-state index contributed by atoms with van der Waals surface area (Å²) in [5.74, 6) is 0. The van der Waals surface area contributed by atoms with E-state index < -0.39 is 5.67 Å². The molecule has 0 unspecified atom stereocenters. The Morgan fingerprint density at radius 1 is 1.54 bits per heavy atom. The first-order valence-corrected chi connectivity index (χ1v) is 5.30. The van der Waals surface area contributed by atoms with Gasteiger partial charge in [0.15, 0.2) is 10.7 Å². The van der Waals surface area contributed by atoms with Crippen LogP contribution in [-0.2, 0) is 5.67 Å². The minimum atomic E-state index is -1.25. The van der Waals surface area contributed by atoms with Gasteiger partial charge in [-0.05, 0) is 25.7 Å². The van der Waals surface area contributed by atoms with E-state index in [4.69, 9.17) is 5.73 Å². The summed E-state index contributed by atoms with van der Waals surface area (Å²) in [6.07, 6.45) is 2.47. The van der Waals surface area contributed by atoms with Crippen LogP contribution in [0.5, 0.6) is 0 Å². The molecule has 0 atom stereocenters. The second-order valence-electron chi connectivity index (χ2n) is 3.55. The van der Waals surface area contributed by atoms with Crippen molar-refractivity contribution in [1.29, 1.82) is 0 Å². The molecule has 72 valence electrons. The first-order chi connectivity index (χ1) is 6.21. The van der Waals surface area contributed by atoms with E-state index in [1.165, 1.54) is 11.3 Å². The van der Waals surface area contributed by atoms with Crippen LogP contribution in [-0.4, -0.2) is 16.2 Å². The molecule has 1 aliphatic carbocycles. The van der Waals surface area contributed by atoms with E-state index >= 15 is 0 Å². The average Bonchev–Trinajstić information content (AvgIpc) is 2.63. The second-order valence-corrected chi connectivity index (χ2v) is 4.38. The summed E-state index contributed by atoms with van der Waals surface area (Å²) in [5.41, 5.74) is 6.03. The highest BCUT2D eigenvalue weighted by Crippen LogP contribution is 2.40. The quantitative estimate of drug-likeness (QED) is 0.751. The number of rotatable bonds is 1. The molecule has 1 heterocycles. The van der Waals surface area contributed by atoms with Gasteiger partial charge in [0.2, 0.25) is 0 Å². The summed E-state index contributed by atoms with van der Waals surface area (Å²) in [7, 11) is 0. The highest BCUT2D eigenvalue weighted by molar-refractivity contribution is 7.09. The summed E-state index contributed by atoms with van der Waals surface area (Å²) in [5, 5.41) is 7.96. The van der Waals surface area contributed by atoms with E-state index in [-0.39, 0.29) is 6.04 Å². The molecule has 1 aromatic heterocycles. The minimum Gasteiger partial charge on any atom is -0.328 e. The largest absolute Gasteiger partial charge is 0.328 e. The van der Waals surface area contributed by atoms with E-state index in [0.717, 1.165) is 12.8 Å². The summed E-state index contributed by atoms with van der Waals surface area (Å²) in [4.78, 5) is 0. The van der Waals surface area contributed by atoms with Crippen molar-refractivity contribution >= 4 is 11.3 Å². The number of nitrogens with two attached hydrogens (primary N) is 1. The molecule has 2 N–H and O–H groups in total. The van der Waals surface area contributed by atoms with Crippen molar-refractivity contribution in [2.75, 3.05) is 0 Å². The summed E-state index contributed by atoms with van der Waals surface area (Å²) >= 11 is 1.29. The molecular formula is C8H12FN3S. The fraction of sp³-hybridized carbons (Fsp3) is 0.750. The molecule has 5 heteroatoms. The van der Waals surface area contributed by atoms with Gasteiger partial charge >= 0.3 is 0 Å². The Hall–Kier alpha value is -0.550. The van der Waals surface area contributed by atoms with Crippen LogP contribution in [0.2, 0.25) is 0 Å². The van der Waals surface area contributed by atoms with Gasteiger partial charge in [-0.1, -0.05) is 0 Å². The maximum absolute atomic E-state index is 14.2. The van der Waals surface area contributed by atoms with Crippen LogP contribution in [0, 0.1) is 0 Å². The fourth-order valence-corrected chi connectivity index (χ4v) is 2.38. The lowest BCUT2D eigenvalue weighted by Gasteiger charge is -2.30. The first-order valence-electron chi connectivity index (χ1n) is 4.42. The zero-order valence-corrected chi connectivity index (χ0v) is 8.06. The predicted molar refractivity (Wildman–Crippen MR) is 49.1 cm³/mol. The lowest BCUT2D eigenvalue weighted by molar-refractivity contribution is 0.0968. The Balaban J connectivity index is 2.13. The molecular weight excluding hydrogens is 189 g/mol. The third-order valence-corrected chi connectivity index (χ3v) is 3.44. The van der Waals surface area contributed by atoms with E-state index in [1.807, 2.05) is 0 Å². The van der Waals surface area contributed by atoms with Crippen molar-refractivity contribution in [2.45, 2.75) is 37.4 Å². The van der Waals surface area contributed by atoms with Crippen molar-refractivity contribution in [2.24, 2.45) is 5.73 Å². The van der Waals surface area contributed by atoms with Crippen molar-refractivity contribution in [1.82, 2.24) is 10.2 Å². The molecule has 1 fully saturated rings. The van der Waals surface area contributed by atoms with Gasteiger partial charge < -0.3 is 5.73 Å². The Labute approximate surface area is 80.2 Å². The zero-order valence-electron chi connectivity index (χ0n) is 7.24. The van der Waals surface area contributed by atoms with Gasteiger partial charge in [0.05, 0.1) is 0 Å². The molecule has 2 rings (SSSR count). The Bertz CT molecular complexity index is 267. The van der Waals surface area contributed by atoms with Crippen LogP contribution >= 0.6 is 11.3 Å². The molecule has 0 bridgehead atoms. The Kier molecular flexibility index (Phi) is 2.29. The third-order valence-electron chi connectivity index (χ3n) is 2.57. The molecule has 0 radical (unpaired) electrons. The topological polar surface area (TPSA) is 51.8 Å². The monoisotopic (exact) mass is 201 g/mol. The summed E-state index contributed by atoms with van der Waals surface area (Å²) in [6.45, 7) is 0. The maximum Gasteiger partial charge on any atom is 0.164 e. The van der Waals surface area contributed by atoms with Crippen LogP contribution in [0.1, 0.15) is 30.7 Å². The predicted octanol–water partition coefficient (Wildman–Crippen LogP) is 1.60. The van der Waals surface area contributed by atoms with Gasteiger partial charge in [0, 0.05) is 6.04 Å². The minimum absolute atomic E-state index is 0.164. The zero-order chi connectivity index (χ0) is 9.31. The maximum atomic E-state index is 14.2. The number of halogens is 1. The number of alkyl halides is 1. The van der Waals surface area contributed by atoms with E-state index in [2.05, 4.69) is 10.2 Å². The molecule has 0 aliphatic heterocycles. The standard InChI is InChI=1S/C8H12FN3S/c9-8(7-12-11-5-13-7)3-1-6(10)2-4-8/h5-6H,1-4,10H2. The number of nitrogens with zero attached hydrogens (tertiary/aromatic N) is 2. The Morgan fingerprint density at radius 3 is 2.77 bits per heavy atom. The van der Waals surface area contributed by atoms with Crippen molar-refractivity contribution in [3.8, 4) is 0 Å². The molecule has 1 aliphatic rings. The third kappa shape index (κ3) is 1.71. The molecule has 1 aromatic rings. The smallest absolute Gasteiger partial charge is 0.164 e. The van der Waals surface area contributed by atoms with Gasteiger partial charge in [0.25, 0.3) is 0 Å². The molecule has 0 aromatic carbocycles. The van der Waals surface area contributed by atoms with E-state index in [9.17, 15) is 4.39 Å². The molecule has 0 saturated heterocycles. The highest BCUT2D eigenvalue weighted by Gasteiger charge is 2.38. The van der Waals surface area contributed by atoms with Gasteiger partial charge in [-0.3, -0.25) is 0 Å². The SMILES string of the molecule is NC1CCC(F)(c2nncs2)CC1. The van der Waals surface area contributed by atoms with E-state index in [0.29, 0.717) is 17.8 Å². The van der Waals surface area contributed by atoms with Gasteiger partial charge in [-0.15, -0.1) is 21.5 Å². The first kappa shape index (κ1) is 9.02. The number of hydrogen-bond acceptors (Lipinski definition) is 4. The molecule has 0 amide bonds. The highest BCUT2D eigenvalue weighted by atomic mass is 32.1. The molecule has 13 heavy (non-hydrogen) atoms. The van der Waals surface area contributed by atoms with Gasteiger partial charge in [0.1, 0.15) is 5.51 Å². The normalized spacial score (nSPS) is 34.8. The molecule has 1 saturated carbocycles. The average molecular weight is 201 g/mol.